The zero-order chi connectivity index (χ0) is 19.7. The molecule has 0 spiro atoms. The van der Waals surface area contributed by atoms with Gasteiger partial charge in [-0.2, -0.15) is 5.10 Å². The highest BCUT2D eigenvalue weighted by molar-refractivity contribution is 5.95. The summed E-state index contributed by atoms with van der Waals surface area (Å²) in [7, 11) is 1.36. The summed E-state index contributed by atoms with van der Waals surface area (Å²) < 4.78 is 6.53. The summed E-state index contributed by atoms with van der Waals surface area (Å²) in [6.45, 7) is 2.10. The van der Waals surface area contributed by atoms with Crippen molar-refractivity contribution in [2.45, 2.75) is 25.7 Å². The van der Waals surface area contributed by atoms with E-state index >= 15 is 0 Å². The number of hydrogen-bond donors (Lipinski definition) is 1. The van der Waals surface area contributed by atoms with Crippen LogP contribution in [-0.4, -0.2) is 28.8 Å². The molecule has 1 N–H and O–H groups in total. The molecule has 0 fully saturated rings. The van der Waals surface area contributed by atoms with Crippen molar-refractivity contribution in [2.75, 3.05) is 12.4 Å². The lowest BCUT2D eigenvalue weighted by atomic mass is 9.87. The first-order valence-electron chi connectivity index (χ1n) is 9.26. The minimum atomic E-state index is -0.378. The Balaban J connectivity index is 1.73. The van der Waals surface area contributed by atoms with Crippen LogP contribution in [0.15, 0.2) is 54.7 Å². The van der Waals surface area contributed by atoms with Gasteiger partial charge >= 0.3 is 5.97 Å². The van der Waals surface area contributed by atoms with E-state index in [-0.39, 0.29) is 17.8 Å². The van der Waals surface area contributed by atoms with Crippen LogP contribution in [0.5, 0.6) is 0 Å². The van der Waals surface area contributed by atoms with Crippen molar-refractivity contribution >= 4 is 17.7 Å². The third-order valence-electron chi connectivity index (χ3n) is 5.12. The van der Waals surface area contributed by atoms with Crippen LogP contribution in [0.1, 0.15) is 46.3 Å². The quantitative estimate of drug-likeness (QED) is 0.706. The number of nitrogens with one attached hydrogen (secondary N) is 1. The van der Waals surface area contributed by atoms with Crippen LogP contribution in [0, 0.1) is 0 Å². The Morgan fingerprint density at radius 1 is 1.25 bits per heavy atom. The molecule has 0 radical (unpaired) electrons. The first-order valence-corrected chi connectivity index (χ1v) is 9.26. The fraction of sp³-hybridized carbons (Fsp3) is 0.227. The van der Waals surface area contributed by atoms with Gasteiger partial charge in [0, 0.05) is 17.9 Å². The van der Waals surface area contributed by atoms with E-state index in [1.54, 1.807) is 16.8 Å². The van der Waals surface area contributed by atoms with E-state index in [9.17, 15) is 9.59 Å². The molecule has 0 aliphatic carbocycles. The van der Waals surface area contributed by atoms with Crippen LogP contribution in [0.2, 0.25) is 0 Å². The summed E-state index contributed by atoms with van der Waals surface area (Å²) in [4.78, 5) is 24.1. The molecule has 1 aliphatic rings. The lowest BCUT2D eigenvalue weighted by molar-refractivity contribution is -0.116. The second-order valence-electron chi connectivity index (χ2n) is 6.80. The molecule has 4 rings (SSSR count). The number of amides is 1. The van der Waals surface area contributed by atoms with Gasteiger partial charge in [-0.05, 0) is 41.8 Å². The Morgan fingerprint density at radius 3 is 2.75 bits per heavy atom. The number of benzene rings is 2. The van der Waals surface area contributed by atoms with Crippen molar-refractivity contribution in [1.29, 1.82) is 0 Å². The van der Waals surface area contributed by atoms with E-state index in [2.05, 4.69) is 29.5 Å². The summed E-state index contributed by atoms with van der Waals surface area (Å²) in [5, 5.41) is 7.51. The number of aryl methyl sites for hydroxylation is 1. The molecule has 1 amide bonds. The number of hydrogen-bond acceptors (Lipinski definition) is 4. The van der Waals surface area contributed by atoms with Gasteiger partial charge in [-0.15, -0.1) is 0 Å². The molecule has 1 atom stereocenters. The zero-order valence-electron chi connectivity index (χ0n) is 15.8. The second kappa shape index (κ2) is 7.31. The molecule has 1 aliphatic heterocycles. The molecule has 0 bridgehead atoms. The molecule has 6 heteroatoms. The van der Waals surface area contributed by atoms with Gasteiger partial charge < -0.3 is 10.1 Å². The molecule has 6 nitrogen and oxygen atoms in total. The first-order chi connectivity index (χ1) is 13.6. The number of fused-ring (bicyclic) bond motifs is 1. The number of esters is 1. The fourth-order valence-corrected chi connectivity index (χ4v) is 3.59. The largest absolute Gasteiger partial charge is 0.465 e. The Morgan fingerprint density at radius 2 is 2.04 bits per heavy atom. The lowest BCUT2D eigenvalue weighted by Gasteiger charge is -2.24. The Kier molecular flexibility index (Phi) is 4.69. The Hall–Kier alpha value is -3.41. The van der Waals surface area contributed by atoms with Crippen molar-refractivity contribution in [3.63, 3.8) is 0 Å². The standard InChI is InChI=1S/C22H21N3O3/c1-3-14-5-4-6-17(11-14)25-21-19(13-23-25)18(12-20(26)24-21)15-7-9-16(10-8-15)22(27)28-2/h4-11,13,18H,3,12H2,1-2H3,(H,24,26). The Labute approximate surface area is 163 Å². The summed E-state index contributed by atoms with van der Waals surface area (Å²) in [6.07, 6.45) is 3.08. The minimum Gasteiger partial charge on any atom is -0.465 e. The number of aromatic nitrogens is 2. The highest BCUT2D eigenvalue weighted by atomic mass is 16.5. The average molecular weight is 375 g/mol. The van der Waals surface area contributed by atoms with Crippen molar-refractivity contribution < 1.29 is 14.3 Å². The fourth-order valence-electron chi connectivity index (χ4n) is 3.59. The van der Waals surface area contributed by atoms with E-state index < -0.39 is 0 Å². The number of anilines is 1. The topological polar surface area (TPSA) is 73.2 Å². The molecule has 0 saturated heterocycles. The second-order valence-corrected chi connectivity index (χ2v) is 6.80. The first kappa shape index (κ1) is 18.0. The summed E-state index contributed by atoms with van der Waals surface area (Å²) >= 11 is 0. The van der Waals surface area contributed by atoms with Crippen LogP contribution in [0.25, 0.3) is 5.69 Å². The SMILES string of the molecule is CCc1cccc(-n2ncc3c2NC(=O)CC3c2ccc(C(=O)OC)cc2)c1. The number of methoxy groups -OCH3 is 1. The van der Waals surface area contributed by atoms with Crippen LogP contribution >= 0.6 is 0 Å². The van der Waals surface area contributed by atoms with Crippen molar-refractivity contribution in [1.82, 2.24) is 9.78 Å². The zero-order valence-corrected chi connectivity index (χ0v) is 15.8. The third kappa shape index (κ3) is 3.17. The minimum absolute atomic E-state index is 0.0528. The van der Waals surface area contributed by atoms with Crippen molar-refractivity contribution in [2.24, 2.45) is 0 Å². The highest BCUT2D eigenvalue weighted by Gasteiger charge is 2.30. The monoisotopic (exact) mass is 375 g/mol. The molecule has 0 saturated carbocycles. The van der Waals surface area contributed by atoms with E-state index in [0.29, 0.717) is 17.8 Å². The van der Waals surface area contributed by atoms with Gasteiger partial charge in [0.2, 0.25) is 5.91 Å². The molecule has 3 aromatic rings. The van der Waals surface area contributed by atoms with Gasteiger partial charge in [-0.25, -0.2) is 9.48 Å². The summed E-state index contributed by atoms with van der Waals surface area (Å²) in [5.74, 6) is 0.158. The number of ether oxygens (including phenoxy) is 1. The van der Waals surface area contributed by atoms with Gasteiger partial charge in [-0.3, -0.25) is 4.79 Å². The number of nitrogens with zero attached hydrogens (tertiary/aromatic N) is 2. The molecule has 2 heterocycles. The number of carbonyl (C=O) groups is 2. The van der Waals surface area contributed by atoms with Crippen LogP contribution in [0.3, 0.4) is 0 Å². The molecule has 142 valence electrons. The van der Waals surface area contributed by atoms with Gasteiger partial charge in [-0.1, -0.05) is 31.2 Å². The van der Waals surface area contributed by atoms with Gasteiger partial charge in [0.05, 0.1) is 24.6 Å². The normalized spacial score (nSPS) is 15.6. The summed E-state index contributed by atoms with van der Waals surface area (Å²) in [5.41, 5.74) is 4.54. The third-order valence-corrected chi connectivity index (χ3v) is 5.12. The van der Waals surface area contributed by atoms with Crippen molar-refractivity contribution in [3.8, 4) is 5.69 Å². The van der Waals surface area contributed by atoms with Crippen LogP contribution < -0.4 is 5.32 Å². The highest BCUT2D eigenvalue weighted by Crippen LogP contribution is 2.38. The average Bonchev–Trinajstić information content (AvgIpc) is 3.16. The van der Waals surface area contributed by atoms with Crippen molar-refractivity contribution in [3.05, 3.63) is 77.0 Å². The number of rotatable bonds is 4. The Bertz CT molecular complexity index is 1040. The number of carbonyl (C=O) groups excluding carboxylic acids is 2. The maximum atomic E-state index is 12.4. The van der Waals surface area contributed by atoms with E-state index in [1.165, 1.54) is 12.7 Å². The van der Waals surface area contributed by atoms with Crippen LogP contribution in [0.4, 0.5) is 5.82 Å². The molecule has 1 unspecified atom stereocenters. The predicted molar refractivity (Wildman–Crippen MR) is 106 cm³/mol. The maximum absolute atomic E-state index is 12.4. The maximum Gasteiger partial charge on any atom is 0.337 e. The molecular formula is C22H21N3O3. The van der Waals surface area contributed by atoms with E-state index in [0.717, 1.165) is 23.2 Å². The van der Waals surface area contributed by atoms with Gasteiger partial charge in [0.1, 0.15) is 5.82 Å². The summed E-state index contributed by atoms with van der Waals surface area (Å²) in [6, 6.07) is 15.3. The molecule has 1 aromatic heterocycles. The van der Waals surface area contributed by atoms with Gasteiger partial charge in [0.15, 0.2) is 0 Å². The van der Waals surface area contributed by atoms with Crippen LogP contribution in [-0.2, 0) is 16.0 Å². The van der Waals surface area contributed by atoms with E-state index in [4.69, 9.17) is 4.74 Å². The smallest absolute Gasteiger partial charge is 0.337 e. The van der Waals surface area contributed by atoms with E-state index in [1.807, 2.05) is 30.5 Å². The molecular weight excluding hydrogens is 354 g/mol. The lowest BCUT2D eigenvalue weighted by Crippen LogP contribution is -2.24. The molecule has 28 heavy (non-hydrogen) atoms. The predicted octanol–water partition coefficient (Wildman–Crippen LogP) is 3.70. The van der Waals surface area contributed by atoms with Gasteiger partial charge in [0.25, 0.3) is 0 Å². The molecule has 2 aromatic carbocycles.